The molecule has 8 heteroatoms. The predicted molar refractivity (Wildman–Crippen MR) is 68.5 cm³/mol. The first-order valence-electron chi connectivity index (χ1n) is 6.33. The zero-order valence-corrected chi connectivity index (χ0v) is 11.9. The first kappa shape index (κ1) is 14.4. The zero-order valence-electron chi connectivity index (χ0n) is 11.1. The van der Waals surface area contributed by atoms with Crippen molar-refractivity contribution in [1.29, 1.82) is 0 Å². The van der Waals surface area contributed by atoms with E-state index in [4.69, 9.17) is 9.26 Å². The molecule has 0 aliphatic carbocycles. The van der Waals surface area contributed by atoms with Gasteiger partial charge >= 0.3 is 0 Å². The van der Waals surface area contributed by atoms with Crippen molar-refractivity contribution in [3.05, 3.63) is 11.7 Å². The Balaban J connectivity index is 2.00. The van der Waals surface area contributed by atoms with Gasteiger partial charge in [0.1, 0.15) is 6.10 Å². The standard InChI is InChI=1S/C11H19N3O4S/c1-3-9(17-2)11-13-10(18-14-11)6-8-7-19(15,16)5-4-12-8/h8-9,12H,3-7H2,1-2H3. The van der Waals surface area contributed by atoms with E-state index in [1.165, 1.54) is 0 Å². The molecule has 0 radical (unpaired) electrons. The van der Waals surface area contributed by atoms with Gasteiger partial charge in [0.05, 0.1) is 11.5 Å². The maximum absolute atomic E-state index is 11.5. The van der Waals surface area contributed by atoms with E-state index in [0.29, 0.717) is 24.7 Å². The first-order valence-corrected chi connectivity index (χ1v) is 8.15. The van der Waals surface area contributed by atoms with E-state index in [2.05, 4.69) is 15.5 Å². The van der Waals surface area contributed by atoms with Gasteiger partial charge in [-0.3, -0.25) is 0 Å². The van der Waals surface area contributed by atoms with Crippen LogP contribution in [0.5, 0.6) is 0 Å². The number of hydrogen-bond donors (Lipinski definition) is 1. The Kier molecular flexibility index (Phi) is 4.54. The lowest BCUT2D eigenvalue weighted by Crippen LogP contribution is -2.46. The zero-order chi connectivity index (χ0) is 13.9. The summed E-state index contributed by atoms with van der Waals surface area (Å²) in [4.78, 5) is 4.26. The highest BCUT2D eigenvalue weighted by Gasteiger charge is 2.26. The summed E-state index contributed by atoms with van der Waals surface area (Å²) in [6.45, 7) is 2.45. The van der Waals surface area contributed by atoms with Crippen molar-refractivity contribution in [2.45, 2.75) is 31.9 Å². The molecule has 0 bridgehead atoms. The molecule has 0 amide bonds. The van der Waals surface area contributed by atoms with E-state index < -0.39 is 9.84 Å². The van der Waals surface area contributed by atoms with Crippen LogP contribution in [0.15, 0.2) is 4.52 Å². The fourth-order valence-corrected chi connectivity index (χ4v) is 3.59. The van der Waals surface area contributed by atoms with Crippen LogP contribution < -0.4 is 5.32 Å². The summed E-state index contributed by atoms with van der Waals surface area (Å²) in [5.74, 6) is 1.27. The van der Waals surface area contributed by atoms with Crippen molar-refractivity contribution in [2.24, 2.45) is 0 Å². The number of nitrogens with zero attached hydrogens (tertiary/aromatic N) is 2. The molecule has 2 heterocycles. The molecular weight excluding hydrogens is 270 g/mol. The van der Waals surface area contributed by atoms with E-state index >= 15 is 0 Å². The minimum atomic E-state index is -2.95. The average Bonchev–Trinajstić information content (AvgIpc) is 2.78. The van der Waals surface area contributed by atoms with Gasteiger partial charge in [0, 0.05) is 26.1 Å². The van der Waals surface area contributed by atoms with Crippen LogP contribution in [0.1, 0.15) is 31.2 Å². The van der Waals surface area contributed by atoms with Gasteiger partial charge in [-0.1, -0.05) is 12.1 Å². The SMILES string of the molecule is CCC(OC)c1noc(CC2CS(=O)(=O)CCN2)n1. The van der Waals surface area contributed by atoms with E-state index in [0.717, 1.165) is 6.42 Å². The highest BCUT2D eigenvalue weighted by atomic mass is 32.2. The topological polar surface area (TPSA) is 94.3 Å². The number of ether oxygens (including phenoxy) is 1. The molecule has 1 aromatic heterocycles. The second-order valence-electron chi connectivity index (χ2n) is 4.65. The Labute approximate surface area is 112 Å². The molecule has 1 aromatic rings. The minimum Gasteiger partial charge on any atom is -0.373 e. The third kappa shape index (κ3) is 3.74. The van der Waals surface area contributed by atoms with Gasteiger partial charge in [0.2, 0.25) is 11.7 Å². The number of rotatable bonds is 5. The molecule has 1 aliphatic heterocycles. The molecule has 0 saturated carbocycles. The molecule has 2 unspecified atom stereocenters. The first-order chi connectivity index (χ1) is 9.04. The molecule has 1 N–H and O–H groups in total. The highest BCUT2D eigenvalue weighted by Crippen LogP contribution is 2.17. The number of aromatic nitrogens is 2. The molecule has 1 fully saturated rings. The molecule has 2 atom stereocenters. The Hall–Kier alpha value is -0.990. The molecular formula is C11H19N3O4S. The number of methoxy groups -OCH3 is 1. The second kappa shape index (κ2) is 5.98. The Morgan fingerprint density at radius 1 is 1.58 bits per heavy atom. The van der Waals surface area contributed by atoms with Crippen LogP contribution in [-0.2, 0) is 21.0 Å². The number of sulfone groups is 1. The molecule has 108 valence electrons. The summed E-state index contributed by atoms with van der Waals surface area (Å²) in [6, 6.07) is -0.158. The smallest absolute Gasteiger partial charge is 0.228 e. The fraction of sp³-hybridized carbons (Fsp3) is 0.818. The fourth-order valence-electron chi connectivity index (χ4n) is 2.15. The molecule has 1 saturated heterocycles. The van der Waals surface area contributed by atoms with Crippen molar-refractivity contribution in [2.75, 3.05) is 25.2 Å². The van der Waals surface area contributed by atoms with Gasteiger partial charge in [-0.2, -0.15) is 4.98 Å². The third-order valence-corrected chi connectivity index (χ3v) is 4.89. The van der Waals surface area contributed by atoms with Gasteiger partial charge in [-0.15, -0.1) is 0 Å². The highest BCUT2D eigenvalue weighted by molar-refractivity contribution is 7.91. The lowest BCUT2D eigenvalue weighted by atomic mass is 10.2. The van der Waals surface area contributed by atoms with Crippen LogP contribution >= 0.6 is 0 Å². The maximum Gasteiger partial charge on any atom is 0.228 e. The van der Waals surface area contributed by atoms with Crippen molar-refractivity contribution in [3.8, 4) is 0 Å². The van der Waals surface area contributed by atoms with Crippen LogP contribution in [-0.4, -0.2) is 49.8 Å². The lowest BCUT2D eigenvalue weighted by Gasteiger charge is -2.22. The molecule has 0 aromatic carbocycles. The monoisotopic (exact) mass is 289 g/mol. The Bertz CT molecular complexity index is 510. The van der Waals surface area contributed by atoms with E-state index in [9.17, 15) is 8.42 Å². The quantitative estimate of drug-likeness (QED) is 0.821. The minimum absolute atomic E-state index is 0.117. The lowest BCUT2D eigenvalue weighted by molar-refractivity contribution is 0.0903. The normalized spacial score (nSPS) is 24.2. The van der Waals surface area contributed by atoms with Crippen LogP contribution in [0.4, 0.5) is 0 Å². The Morgan fingerprint density at radius 3 is 3.00 bits per heavy atom. The maximum atomic E-state index is 11.5. The van der Waals surface area contributed by atoms with Crippen LogP contribution in [0.2, 0.25) is 0 Å². The van der Waals surface area contributed by atoms with Crippen LogP contribution in [0.25, 0.3) is 0 Å². The van der Waals surface area contributed by atoms with E-state index in [-0.39, 0.29) is 23.7 Å². The number of hydrogen-bond acceptors (Lipinski definition) is 7. The molecule has 1 aliphatic rings. The van der Waals surface area contributed by atoms with Gasteiger partial charge in [-0.05, 0) is 6.42 Å². The van der Waals surface area contributed by atoms with Crippen LogP contribution in [0, 0.1) is 0 Å². The van der Waals surface area contributed by atoms with Gasteiger partial charge in [0.15, 0.2) is 9.84 Å². The summed E-state index contributed by atoms with van der Waals surface area (Å²) in [5, 5.41) is 7.02. The van der Waals surface area contributed by atoms with E-state index in [1.54, 1.807) is 7.11 Å². The summed E-state index contributed by atoms with van der Waals surface area (Å²) in [6.07, 6.45) is 0.998. The molecule has 7 nitrogen and oxygen atoms in total. The van der Waals surface area contributed by atoms with Crippen molar-refractivity contribution < 1.29 is 17.7 Å². The average molecular weight is 289 g/mol. The molecule has 0 spiro atoms. The predicted octanol–water partition coefficient (Wildman–Crippen LogP) is 0.0962. The van der Waals surface area contributed by atoms with Crippen molar-refractivity contribution in [3.63, 3.8) is 0 Å². The van der Waals surface area contributed by atoms with Gasteiger partial charge in [-0.25, -0.2) is 8.42 Å². The van der Waals surface area contributed by atoms with E-state index in [1.807, 2.05) is 6.92 Å². The summed E-state index contributed by atoms with van der Waals surface area (Å²) in [5.41, 5.74) is 0. The second-order valence-corrected chi connectivity index (χ2v) is 6.88. The summed E-state index contributed by atoms with van der Waals surface area (Å²) >= 11 is 0. The third-order valence-electron chi connectivity index (χ3n) is 3.15. The summed E-state index contributed by atoms with van der Waals surface area (Å²) in [7, 11) is -1.35. The molecule has 19 heavy (non-hydrogen) atoms. The van der Waals surface area contributed by atoms with Crippen molar-refractivity contribution in [1.82, 2.24) is 15.5 Å². The van der Waals surface area contributed by atoms with Gasteiger partial charge < -0.3 is 14.6 Å². The van der Waals surface area contributed by atoms with Crippen LogP contribution in [0.3, 0.4) is 0 Å². The largest absolute Gasteiger partial charge is 0.373 e. The summed E-state index contributed by atoms with van der Waals surface area (Å²) < 4.78 is 33.4. The Morgan fingerprint density at radius 2 is 2.37 bits per heavy atom. The number of nitrogens with one attached hydrogen (secondary N) is 1. The van der Waals surface area contributed by atoms with Crippen molar-refractivity contribution >= 4 is 9.84 Å². The van der Waals surface area contributed by atoms with Gasteiger partial charge in [0.25, 0.3) is 0 Å². The molecule has 2 rings (SSSR count).